The van der Waals surface area contributed by atoms with Crippen LogP contribution in [0, 0.1) is 0 Å². The van der Waals surface area contributed by atoms with Crippen molar-refractivity contribution in [3.63, 3.8) is 0 Å². The van der Waals surface area contributed by atoms with Gasteiger partial charge in [0.15, 0.2) is 12.2 Å². The molecule has 0 N–H and O–H groups in total. The van der Waals surface area contributed by atoms with E-state index in [2.05, 4.69) is 16.7 Å². The zero-order chi connectivity index (χ0) is 22.7. The fraction of sp³-hybridized carbons (Fsp3) is 0.625. The molecule has 1 aromatic rings. The van der Waals surface area contributed by atoms with Crippen molar-refractivity contribution in [2.24, 2.45) is 4.99 Å². The van der Waals surface area contributed by atoms with Crippen LogP contribution in [0.4, 0.5) is 10.5 Å². The van der Waals surface area contributed by atoms with Crippen LogP contribution in [-0.2, 0) is 4.79 Å². The number of ether oxygens (including phenoxy) is 1. The summed E-state index contributed by atoms with van der Waals surface area (Å²) in [7, 11) is 3.41. The molecule has 0 aromatic heterocycles. The summed E-state index contributed by atoms with van der Waals surface area (Å²) in [6.45, 7) is 4.15. The number of carbonyl (C=O) groups excluding carboxylic acids is 2. The van der Waals surface area contributed by atoms with Gasteiger partial charge >= 0.3 is 6.03 Å². The van der Waals surface area contributed by atoms with Crippen LogP contribution >= 0.6 is 0 Å². The Labute approximate surface area is 190 Å². The second-order valence-electron chi connectivity index (χ2n) is 8.84. The van der Waals surface area contributed by atoms with E-state index in [4.69, 9.17) is 9.73 Å². The van der Waals surface area contributed by atoms with Crippen molar-refractivity contribution < 1.29 is 14.3 Å². The molecule has 3 aliphatic heterocycles. The molecule has 0 radical (unpaired) electrons. The van der Waals surface area contributed by atoms with Crippen LogP contribution in [0.15, 0.2) is 29.3 Å². The van der Waals surface area contributed by atoms with Crippen LogP contribution in [0.2, 0.25) is 0 Å². The van der Waals surface area contributed by atoms with E-state index in [1.807, 2.05) is 24.3 Å². The molecule has 3 aliphatic rings. The SMILES string of the molecule is CCCCCCCCCN1C(=O)C2C(N=C3N(c4cccc(OC)c4)CCN32)N(C)C1=O. The third-order valence-corrected chi connectivity index (χ3v) is 6.73. The van der Waals surface area contributed by atoms with Crippen LogP contribution in [0.5, 0.6) is 5.75 Å². The van der Waals surface area contributed by atoms with Gasteiger partial charge in [0.1, 0.15) is 5.75 Å². The van der Waals surface area contributed by atoms with E-state index in [0.717, 1.165) is 43.2 Å². The molecule has 3 amide bonds. The van der Waals surface area contributed by atoms with Crippen LogP contribution in [0.1, 0.15) is 51.9 Å². The van der Waals surface area contributed by atoms with Gasteiger partial charge in [-0.25, -0.2) is 9.79 Å². The first-order valence-electron chi connectivity index (χ1n) is 11.9. The number of likely N-dealkylation sites (N-methyl/N-ethyl adjacent to an activating group) is 1. The lowest BCUT2D eigenvalue weighted by Crippen LogP contribution is -2.64. The molecule has 2 atom stereocenters. The first-order valence-corrected chi connectivity index (χ1v) is 11.9. The lowest BCUT2D eigenvalue weighted by Gasteiger charge is -2.40. The highest BCUT2D eigenvalue weighted by Crippen LogP contribution is 2.34. The molecule has 32 heavy (non-hydrogen) atoms. The Morgan fingerprint density at radius 3 is 2.56 bits per heavy atom. The number of aliphatic imine (C=N–C) groups is 1. The van der Waals surface area contributed by atoms with Crippen molar-refractivity contribution in [1.29, 1.82) is 0 Å². The van der Waals surface area contributed by atoms with Crippen molar-refractivity contribution in [3.8, 4) is 5.75 Å². The monoisotopic (exact) mass is 441 g/mol. The second-order valence-corrected chi connectivity index (χ2v) is 8.84. The van der Waals surface area contributed by atoms with E-state index in [1.54, 1.807) is 19.1 Å². The molecule has 2 unspecified atom stereocenters. The minimum atomic E-state index is -0.469. The Balaban J connectivity index is 1.42. The highest BCUT2D eigenvalue weighted by molar-refractivity contribution is 6.08. The van der Waals surface area contributed by atoms with Gasteiger partial charge in [0.2, 0.25) is 5.96 Å². The van der Waals surface area contributed by atoms with E-state index >= 15 is 0 Å². The lowest BCUT2D eigenvalue weighted by atomic mass is 10.1. The predicted molar refractivity (Wildman–Crippen MR) is 125 cm³/mol. The maximum atomic E-state index is 13.4. The zero-order valence-electron chi connectivity index (χ0n) is 19.5. The summed E-state index contributed by atoms with van der Waals surface area (Å²) in [6.07, 6.45) is 7.61. The number of methoxy groups -OCH3 is 1. The van der Waals surface area contributed by atoms with E-state index in [9.17, 15) is 9.59 Å². The molecule has 4 rings (SSSR count). The van der Waals surface area contributed by atoms with Gasteiger partial charge in [-0.3, -0.25) is 9.69 Å². The number of nitrogens with zero attached hydrogens (tertiary/aromatic N) is 5. The molecule has 174 valence electrons. The van der Waals surface area contributed by atoms with Gasteiger partial charge in [0.25, 0.3) is 5.91 Å². The molecule has 2 saturated heterocycles. The minimum absolute atomic E-state index is 0.115. The largest absolute Gasteiger partial charge is 0.497 e. The van der Waals surface area contributed by atoms with Crippen molar-refractivity contribution in [2.45, 2.75) is 64.1 Å². The molecule has 1 aromatic carbocycles. The molecule has 0 bridgehead atoms. The van der Waals surface area contributed by atoms with E-state index in [-0.39, 0.29) is 11.9 Å². The Bertz CT molecular complexity index is 873. The molecule has 2 fully saturated rings. The van der Waals surface area contributed by atoms with Crippen LogP contribution < -0.4 is 9.64 Å². The third-order valence-electron chi connectivity index (χ3n) is 6.73. The van der Waals surface area contributed by atoms with Crippen LogP contribution in [-0.4, -0.2) is 78.6 Å². The van der Waals surface area contributed by atoms with Gasteiger partial charge in [0, 0.05) is 38.4 Å². The normalized spacial score (nSPS) is 22.4. The summed E-state index contributed by atoms with van der Waals surface area (Å²) in [5.41, 5.74) is 0.977. The van der Waals surface area contributed by atoms with Gasteiger partial charge in [-0.05, 0) is 18.6 Å². The van der Waals surface area contributed by atoms with Gasteiger partial charge in [-0.1, -0.05) is 51.5 Å². The summed E-state index contributed by atoms with van der Waals surface area (Å²) < 4.78 is 5.36. The number of carbonyl (C=O) groups is 2. The van der Waals surface area contributed by atoms with Crippen molar-refractivity contribution >= 4 is 23.6 Å². The maximum absolute atomic E-state index is 13.4. The van der Waals surface area contributed by atoms with Crippen molar-refractivity contribution in [1.82, 2.24) is 14.7 Å². The molecule has 0 spiro atoms. The van der Waals surface area contributed by atoms with Gasteiger partial charge in [-0.15, -0.1) is 0 Å². The number of unbranched alkanes of at least 4 members (excludes halogenated alkanes) is 6. The van der Waals surface area contributed by atoms with Crippen molar-refractivity contribution in [2.75, 3.05) is 38.7 Å². The zero-order valence-corrected chi connectivity index (χ0v) is 19.5. The number of hydrogen-bond donors (Lipinski definition) is 0. The first kappa shape index (κ1) is 22.4. The number of urea groups is 1. The topological polar surface area (TPSA) is 68.7 Å². The van der Waals surface area contributed by atoms with Crippen LogP contribution in [0.3, 0.4) is 0 Å². The molecule has 0 aliphatic carbocycles. The highest BCUT2D eigenvalue weighted by atomic mass is 16.5. The first-order chi connectivity index (χ1) is 15.6. The minimum Gasteiger partial charge on any atom is -0.497 e. The maximum Gasteiger partial charge on any atom is 0.328 e. The Kier molecular flexibility index (Phi) is 6.86. The summed E-state index contributed by atoms with van der Waals surface area (Å²) in [5.74, 6) is 1.43. The second kappa shape index (κ2) is 9.79. The average molecular weight is 442 g/mol. The summed E-state index contributed by atoms with van der Waals surface area (Å²) in [4.78, 5) is 38.4. The third kappa shape index (κ3) is 4.14. The van der Waals surface area contributed by atoms with E-state index < -0.39 is 12.2 Å². The standard InChI is InChI=1S/C24H35N5O3/c1-4-5-6-7-8-9-10-14-29-22(30)20-21(26(2)24(29)31)25-23-27(15-16-28(20)23)18-12-11-13-19(17-18)32-3/h11-13,17,20-21H,4-10,14-16H2,1-3H3. The fourth-order valence-corrected chi connectivity index (χ4v) is 4.89. The van der Waals surface area contributed by atoms with Gasteiger partial charge in [0.05, 0.1) is 7.11 Å². The van der Waals surface area contributed by atoms with E-state index in [1.165, 1.54) is 30.6 Å². The van der Waals surface area contributed by atoms with Crippen LogP contribution in [0.25, 0.3) is 0 Å². The number of rotatable bonds is 10. The number of imide groups is 1. The Hall–Kier alpha value is -2.77. The summed E-state index contributed by atoms with van der Waals surface area (Å²) in [5, 5.41) is 0. The number of anilines is 1. The molecular weight excluding hydrogens is 406 g/mol. The number of fused-ring (bicyclic) bond motifs is 3. The predicted octanol–water partition coefficient (Wildman–Crippen LogP) is 3.53. The summed E-state index contributed by atoms with van der Waals surface area (Å²) >= 11 is 0. The molecular formula is C24H35N5O3. The molecule has 3 heterocycles. The molecule has 0 saturated carbocycles. The fourth-order valence-electron chi connectivity index (χ4n) is 4.89. The smallest absolute Gasteiger partial charge is 0.328 e. The average Bonchev–Trinajstić information content (AvgIpc) is 3.38. The quantitative estimate of drug-likeness (QED) is 0.520. The number of benzene rings is 1. The lowest BCUT2D eigenvalue weighted by molar-refractivity contribution is -0.137. The summed E-state index contributed by atoms with van der Waals surface area (Å²) in [6, 6.07) is 7.17. The van der Waals surface area contributed by atoms with Crippen molar-refractivity contribution in [3.05, 3.63) is 24.3 Å². The number of guanidine groups is 1. The highest BCUT2D eigenvalue weighted by Gasteiger charge is 2.54. The van der Waals surface area contributed by atoms with Gasteiger partial charge < -0.3 is 19.4 Å². The van der Waals surface area contributed by atoms with Gasteiger partial charge in [-0.2, -0.15) is 0 Å². The number of hydrogen-bond acceptors (Lipinski definition) is 6. The number of amides is 3. The molecule has 8 nitrogen and oxygen atoms in total. The molecule has 8 heteroatoms. The Morgan fingerprint density at radius 1 is 1.06 bits per heavy atom. The Morgan fingerprint density at radius 2 is 1.81 bits per heavy atom. The van der Waals surface area contributed by atoms with E-state index in [0.29, 0.717) is 13.1 Å².